The Morgan fingerprint density at radius 3 is 2.74 bits per heavy atom. The topological polar surface area (TPSA) is 24.9 Å². The molecule has 0 saturated heterocycles. The molecule has 0 aliphatic carbocycles. The molecule has 0 atom stereocenters. The average molecular weight is 276 g/mol. The zero-order chi connectivity index (χ0) is 13.5. The minimum atomic E-state index is -0.165. The van der Waals surface area contributed by atoms with Crippen molar-refractivity contribution in [1.82, 2.24) is 4.98 Å². The number of halogens is 1. The first kappa shape index (κ1) is 13.9. The largest absolute Gasteiger partial charge is 0.370 e. The van der Waals surface area contributed by atoms with E-state index in [1.165, 1.54) is 17.8 Å². The molecule has 0 spiro atoms. The maximum atomic E-state index is 13.4. The van der Waals surface area contributed by atoms with Crippen molar-refractivity contribution in [3.63, 3.8) is 0 Å². The summed E-state index contributed by atoms with van der Waals surface area (Å²) in [6, 6.07) is 10.8. The van der Waals surface area contributed by atoms with Crippen LogP contribution < -0.4 is 5.32 Å². The van der Waals surface area contributed by atoms with Crippen molar-refractivity contribution in [2.24, 2.45) is 0 Å². The van der Waals surface area contributed by atoms with Crippen molar-refractivity contribution in [3.8, 4) is 0 Å². The number of nitrogens with one attached hydrogen (secondary N) is 1. The van der Waals surface area contributed by atoms with Gasteiger partial charge >= 0.3 is 0 Å². The fraction of sp³-hybridized carbons (Fsp3) is 0.267. The highest BCUT2D eigenvalue weighted by Gasteiger charge is 2.02. The van der Waals surface area contributed by atoms with Gasteiger partial charge in [0.1, 0.15) is 11.6 Å². The highest BCUT2D eigenvalue weighted by molar-refractivity contribution is 7.98. The first-order chi connectivity index (χ1) is 9.29. The van der Waals surface area contributed by atoms with E-state index in [1.807, 2.05) is 24.4 Å². The lowest BCUT2D eigenvalue weighted by molar-refractivity contribution is 0.602. The number of aromatic nitrogens is 1. The van der Waals surface area contributed by atoms with Crippen LogP contribution in [0.5, 0.6) is 0 Å². The number of pyridine rings is 1. The second-order valence-corrected chi connectivity index (χ2v) is 5.21. The molecule has 4 heteroatoms. The molecule has 0 aliphatic heterocycles. The number of nitrogens with zero attached hydrogens (tertiary/aromatic N) is 1. The first-order valence-corrected chi connectivity index (χ1v) is 7.34. The summed E-state index contributed by atoms with van der Waals surface area (Å²) in [5, 5.41) is 3.23. The van der Waals surface area contributed by atoms with Crippen molar-refractivity contribution in [2.75, 3.05) is 11.9 Å². The summed E-state index contributed by atoms with van der Waals surface area (Å²) in [4.78, 5) is 5.01. The summed E-state index contributed by atoms with van der Waals surface area (Å²) in [5.74, 6) is 1.45. The Kier molecular flexibility index (Phi) is 5.21. The Labute approximate surface area is 117 Å². The molecule has 1 N–H and O–H groups in total. The molecule has 2 rings (SSSR count). The van der Waals surface area contributed by atoms with Crippen LogP contribution in [0.2, 0.25) is 0 Å². The molecule has 0 unspecified atom stereocenters. The number of rotatable bonds is 6. The highest BCUT2D eigenvalue weighted by Crippen LogP contribution is 2.25. The van der Waals surface area contributed by atoms with Crippen LogP contribution in [0.25, 0.3) is 0 Å². The molecular formula is C15H17FN2S. The third-order valence-electron chi connectivity index (χ3n) is 2.61. The van der Waals surface area contributed by atoms with E-state index in [9.17, 15) is 4.39 Å². The van der Waals surface area contributed by atoms with Gasteiger partial charge in [-0.3, -0.25) is 0 Å². The van der Waals surface area contributed by atoms with E-state index >= 15 is 0 Å². The molecule has 0 amide bonds. The van der Waals surface area contributed by atoms with Gasteiger partial charge in [0.05, 0.1) is 0 Å². The predicted octanol–water partition coefficient (Wildman–Crippen LogP) is 4.33. The fourth-order valence-electron chi connectivity index (χ4n) is 1.59. The van der Waals surface area contributed by atoms with Gasteiger partial charge < -0.3 is 5.32 Å². The van der Waals surface area contributed by atoms with Gasteiger partial charge in [-0.25, -0.2) is 9.37 Å². The molecule has 0 saturated carbocycles. The predicted molar refractivity (Wildman–Crippen MR) is 79.0 cm³/mol. The zero-order valence-corrected chi connectivity index (χ0v) is 11.7. The third kappa shape index (κ3) is 4.24. The van der Waals surface area contributed by atoms with Crippen molar-refractivity contribution in [3.05, 3.63) is 54.0 Å². The smallest absolute Gasteiger partial charge is 0.136 e. The van der Waals surface area contributed by atoms with Gasteiger partial charge in [0.25, 0.3) is 0 Å². The van der Waals surface area contributed by atoms with E-state index in [0.29, 0.717) is 4.90 Å². The lowest BCUT2D eigenvalue weighted by Crippen LogP contribution is -2.01. The summed E-state index contributed by atoms with van der Waals surface area (Å²) >= 11 is 1.49. The van der Waals surface area contributed by atoms with Crippen molar-refractivity contribution in [2.45, 2.75) is 24.0 Å². The Morgan fingerprint density at radius 2 is 2.05 bits per heavy atom. The number of hydrogen-bond acceptors (Lipinski definition) is 3. The van der Waals surface area contributed by atoms with Crippen LogP contribution in [-0.4, -0.2) is 11.5 Å². The molecule has 0 aliphatic rings. The van der Waals surface area contributed by atoms with Crippen LogP contribution in [0, 0.1) is 5.82 Å². The lowest BCUT2D eigenvalue weighted by atomic mass is 10.3. The SMILES string of the molecule is CCCNc1ccc(CSc2ccccc2F)cn1. The molecule has 1 aromatic heterocycles. The van der Waals surface area contributed by atoms with E-state index in [-0.39, 0.29) is 5.82 Å². The van der Waals surface area contributed by atoms with Gasteiger partial charge in [-0.2, -0.15) is 0 Å². The second kappa shape index (κ2) is 7.14. The van der Waals surface area contributed by atoms with E-state index in [0.717, 1.165) is 30.1 Å². The van der Waals surface area contributed by atoms with Gasteiger partial charge in [-0.05, 0) is 30.2 Å². The Morgan fingerprint density at radius 1 is 1.21 bits per heavy atom. The van der Waals surface area contributed by atoms with Crippen LogP contribution in [0.4, 0.5) is 10.2 Å². The molecule has 1 aromatic carbocycles. The van der Waals surface area contributed by atoms with E-state index in [4.69, 9.17) is 0 Å². The third-order valence-corrected chi connectivity index (χ3v) is 3.73. The van der Waals surface area contributed by atoms with Crippen LogP contribution >= 0.6 is 11.8 Å². The van der Waals surface area contributed by atoms with E-state index < -0.39 is 0 Å². The molecule has 1 heterocycles. The molecule has 0 fully saturated rings. The van der Waals surface area contributed by atoms with Crippen LogP contribution in [0.15, 0.2) is 47.5 Å². The summed E-state index contributed by atoms with van der Waals surface area (Å²) < 4.78 is 13.4. The molecule has 19 heavy (non-hydrogen) atoms. The second-order valence-electron chi connectivity index (χ2n) is 4.20. The number of thioether (sulfide) groups is 1. The van der Waals surface area contributed by atoms with Crippen molar-refractivity contribution >= 4 is 17.6 Å². The molecule has 0 bridgehead atoms. The molecule has 2 aromatic rings. The quantitative estimate of drug-likeness (QED) is 0.795. The maximum absolute atomic E-state index is 13.4. The maximum Gasteiger partial charge on any atom is 0.136 e. The average Bonchev–Trinajstić information content (AvgIpc) is 2.45. The minimum Gasteiger partial charge on any atom is -0.370 e. The summed E-state index contributed by atoms with van der Waals surface area (Å²) in [6.45, 7) is 3.04. The summed E-state index contributed by atoms with van der Waals surface area (Å²) in [5.41, 5.74) is 1.09. The van der Waals surface area contributed by atoms with Gasteiger partial charge in [0, 0.05) is 23.4 Å². The Balaban J connectivity index is 1.91. The van der Waals surface area contributed by atoms with Crippen LogP contribution in [0.1, 0.15) is 18.9 Å². The van der Waals surface area contributed by atoms with Crippen molar-refractivity contribution < 1.29 is 4.39 Å². The van der Waals surface area contributed by atoms with Gasteiger partial charge in [-0.15, -0.1) is 11.8 Å². The normalized spacial score (nSPS) is 10.4. The van der Waals surface area contributed by atoms with Gasteiger partial charge in [0.2, 0.25) is 0 Å². The summed E-state index contributed by atoms with van der Waals surface area (Å²) in [7, 11) is 0. The highest BCUT2D eigenvalue weighted by atomic mass is 32.2. The molecular weight excluding hydrogens is 259 g/mol. The van der Waals surface area contributed by atoms with Crippen LogP contribution in [-0.2, 0) is 5.75 Å². The molecule has 0 radical (unpaired) electrons. The standard InChI is InChI=1S/C15H17FN2S/c1-2-9-17-15-8-7-12(10-18-15)11-19-14-6-4-3-5-13(14)16/h3-8,10H,2,9,11H2,1H3,(H,17,18). The van der Waals surface area contributed by atoms with E-state index in [1.54, 1.807) is 12.1 Å². The minimum absolute atomic E-state index is 0.165. The number of hydrogen-bond donors (Lipinski definition) is 1. The zero-order valence-electron chi connectivity index (χ0n) is 10.9. The Hall–Kier alpha value is -1.55. The number of anilines is 1. The van der Waals surface area contributed by atoms with E-state index in [2.05, 4.69) is 17.2 Å². The van der Waals surface area contributed by atoms with Crippen molar-refractivity contribution in [1.29, 1.82) is 0 Å². The monoisotopic (exact) mass is 276 g/mol. The fourth-order valence-corrected chi connectivity index (χ4v) is 2.46. The molecule has 100 valence electrons. The van der Waals surface area contributed by atoms with Crippen LogP contribution in [0.3, 0.4) is 0 Å². The Bertz CT molecular complexity index is 514. The molecule has 2 nitrogen and oxygen atoms in total. The first-order valence-electron chi connectivity index (χ1n) is 6.35. The van der Waals surface area contributed by atoms with Gasteiger partial charge in [0.15, 0.2) is 0 Å². The lowest BCUT2D eigenvalue weighted by Gasteiger charge is -2.06. The summed E-state index contributed by atoms with van der Waals surface area (Å²) in [6.07, 6.45) is 2.92. The number of benzene rings is 1. The van der Waals surface area contributed by atoms with Gasteiger partial charge in [-0.1, -0.05) is 25.1 Å².